The normalized spacial score (nSPS) is 25.1. The zero-order valence-electron chi connectivity index (χ0n) is 19.5. The Morgan fingerprint density at radius 2 is 1.85 bits per heavy atom. The number of anilines is 1. The third kappa shape index (κ3) is 3.01. The summed E-state index contributed by atoms with van der Waals surface area (Å²) < 4.78 is 19.2. The number of fused-ring (bicyclic) bond motifs is 2. The molecule has 6 rings (SSSR count). The summed E-state index contributed by atoms with van der Waals surface area (Å²) in [6.45, 7) is 0.259. The Balaban J connectivity index is 1.46. The van der Waals surface area contributed by atoms with E-state index in [4.69, 9.17) is 4.98 Å². The molecule has 3 fully saturated rings. The Morgan fingerprint density at radius 1 is 1.12 bits per heavy atom. The van der Waals surface area contributed by atoms with Gasteiger partial charge in [-0.15, -0.1) is 0 Å². The molecule has 3 saturated carbocycles. The van der Waals surface area contributed by atoms with Crippen molar-refractivity contribution in [2.24, 2.45) is 24.9 Å². The molecule has 180 valence electrons. The molecule has 1 unspecified atom stereocenters. The maximum Gasteiger partial charge on any atom is 0.332 e. The number of nitrogens with one attached hydrogen (secondary N) is 1. The number of aryl methyl sites for hydroxylation is 1. The highest BCUT2D eigenvalue weighted by Gasteiger charge is 2.68. The minimum Gasteiger partial charge on any atom is -0.352 e. The molecule has 3 aliphatic carbocycles. The molecule has 0 amide bonds. The molecule has 1 N–H and O–H groups in total. The zero-order chi connectivity index (χ0) is 23.8. The first kappa shape index (κ1) is 22.1. The van der Waals surface area contributed by atoms with Crippen LogP contribution in [-0.2, 0) is 20.6 Å². The van der Waals surface area contributed by atoms with E-state index in [9.17, 15) is 14.0 Å². The molecule has 0 bridgehead atoms. The predicted molar refractivity (Wildman–Crippen MR) is 133 cm³/mol. The monoisotopic (exact) mass is 529 g/mol. The lowest BCUT2D eigenvalue weighted by Crippen LogP contribution is -2.44. The Morgan fingerprint density at radius 3 is 2.59 bits per heavy atom. The van der Waals surface area contributed by atoms with Crippen molar-refractivity contribution in [1.29, 1.82) is 0 Å². The van der Waals surface area contributed by atoms with Gasteiger partial charge < -0.3 is 5.32 Å². The molecule has 0 radical (unpaired) electrons. The van der Waals surface area contributed by atoms with Crippen LogP contribution in [0.5, 0.6) is 0 Å². The van der Waals surface area contributed by atoms with Crippen LogP contribution in [0.4, 0.5) is 10.3 Å². The van der Waals surface area contributed by atoms with Crippen LogP contribution in [0.1, 0.15) is 56.9 Å². The summed E-state index contributed by atoms with van der Waals surface area (Å²) in [6.07, 6.45) is 10.2. The van der Waals surface area contributed by atoms with Crippen LogP contribution in [-0.4, -0.2) is 24.7 Å². The topological polar surface area (TPSA) is 73.8 Å². The van der Waals surface area contributed by atoms with Crippen LogP contribution in [0.25, 0.3) is 11.2 Å². The molecule has 0 aliphatic heterocycles. The number of halogens is 2. The van der Waals surface area contributed by atoms with E-state index in [0.29, 0.717) is 39.5 Å². The van der Waals surface area contributed by atoms with Gasteiger partial charge in [0, 0.05) is 24.6 Å². The molecule has 2 atom stereocenters. The lowest BCUT2D eigenvalue weighted by Gasteiger charge is -2.52. The zero-order valence-corrected chi connectivity index (χ0v) is 21.1. The first-order valence-electron chi connectivity index (χ1n) is 12.1. The first-order valence-corrected chi connectivity index (χ1v) is 12.9. The van der Waals surface area contributed by atoms with Crippen LogP contribution < -0.4 is 16.6 Å². The fraction of sp³-hybridized carbons (Fsp3) is 0.560. The van der Waals surface area contributed by atoms with Crippen molar-refractivity contribution in [1.82, 2.24) is 18.7 Å². The van der Waals surface area contributed by atoms with Gasteiger partial charge in [-0.2, -0.15) is 4.98 Å². The summed E-state index contributed by atoms with van der Waals surface area (Å²) in [5, 5.41) is 3.68. The van der Waals surface area contributed by atoms with E-state index in [2.05, 4.69) is 21.2 Å². The van der Waals surface area contributed by atoms with E-state index in [-0.39, 0.29) is 12.4 Å². The quantitative estimate of drug-likeness (QED) is 0.546. The molecule has 1 aromatic carbocycles. The number of imidazole rings is 1. The lowest BCUT2D eigenvalue weighted by atomic mass is 9.53. The van der Waals surface area contributed by atoms with Crippen molar-refractivity contribution in [3.63, 3.8) is 0 Å². The molecule has 34 heavy (non-hydrogen) atoms. The Hall–Kier alpha value is -2.42. The molecule has 0 saturated heterocycles. The second-order valence-electron chi connectivity index (χ2n) is 10.5. The van der Waals surface area contributed by atoms with Gasteiger partial charge in [0.25, 0.3) is 5.56 Å². The summed E-state index contributed by atoms with van der Waals surface area (Å²) in [5.41, 5.74) is 1.35. The van der Waals surface area contributed by atoms with Gasteiger partial charge in [0.1, 0.15) is 5.82 Å². The molecule has 2 spiro atoms. The molecule has 3 aliphatic rings. The van der Waals surface area contributed by atoms with E-state index in [0.717, 1.165) is 15.5 Å². The maximum absolute atomic E-state index is 14.1. The summed E-state index contributed by atoms with van der Waals surface area (Å²) in [5.74, 6) is 0.235. The standard InChI is InChI=1S/C25H29BrFN5O2/c1-30-20-19(21(33)31(2)23(30)34)32(14-15-12-16(27)6-7-17(15)26)22(29-20)28-18-13-25(18)11-4-3-8-24(25)9-5-10-24/h6-7,12,18H,3-5,8-11,13-14H2,1-2H3,(H,28,29)/t18?,25-/m1/s1. The van der Waals surface area contributed by atoms with Crippen molar-refractivity contribution < 1.29 is 4.39 Å². The first-order chi connectivity index (χ1) is 16.3. The maximum atomic E-state index is 14.1. The van der Waals surface area contributed by atoms with Gasteiger partial charge >= 0.3 is 5.69 Å². The van der Waals surface area contributed by atoms with Gasteiger partial charge in [0.05, 0.1) is 6.54 Å². The molecule has 3 aromatic rings. The number of nitrogens with zero attached hydrogens (tertiary/aromatic N) is 4. The minimum absolute atomic E-state index is 0.259. The number of hydrogen-bond donors (Lipinski definition) is 1. The predicted octanol–water partition coefficient (Wildman–Crippen LogP) is 4.30. The van der Waals surface area contributed by atoms with E-state index < -0.39 is 11.2 Å². The molecule has 9 heteroatoms. The smallest absolute Gasteiger partial charge is 0.332 e. The Bertz CT molecular complexity index is 1440. The summed E-state index contributed by atoms with van der Waals surface area (Å²) in [4.78, 5) is 30.6. The Labute approximate surface area is 205 Å². The van der Waals surface area contributed by atoms with Gasteiger partial charge in [0.2, 0.25) is 5.95 Å². The largest absolute Gasteiger partial charge is 0.352 e. The van der Waals surface area contributed by atoms with E-state index >= 15 is 0 Å². The fourth-order valence-corrected chi connectivity index (χ4v) is 7.20. The highest BCUT2D eigenvalue weighted by molar-refractivity contribution is 9.10. The second kappa shape index (κ2) is 7.54. The highest BCUT2D eigenvalue weighted by atomic mass is 79.9. The summed E-state index contributed by atoms with van der Waals surface area (Å²) in [6, 6.07) is 4.84. The van der Waals surface area contributed by atoms with Gasteiger partial charge in [-0.1, -0.05) is 35.2 Å². The minimum atomic E-state index is -0.413. The second-order valence-corrected chi connectivity index (χ2v) is 11.4. The van der Waals surface area contributed by atoms with Crippen molar-refractivity contribution in [3.8, 4) is 0 Å². The van der Waals surface area contributed by atoms with Crippen molar-refractivity contribution >= 4 is 33.0 Å². The van der Waals surface area contributed by atoms with E-state index in [1.165, 1.54) is 68.7 Å². The molecule has 7 nitrogen and oxygen atoms in total. The van der Waals surface area contributed by atoms with Crippen molar-refractivity contribution in [2.75, 3.05) is 5.32 Å². The van der Waals surface area contributed by atoms with Gasteiger partial charge in [-0.25, -0.2) is 9.18 Å². The average Bonchev–Trinajstić information content (AvgIpc) is 3.34. The highest BCUT2D eigenvalue weighted by Crippen LogP contribution is 2.73. The number of aromatic nitrogens is 4. The van der Waals surface area contributed by atoms with Gasteiger partial charge in [-0.3, -0.25) is 18.5 Å². The summed E-state index contributed by atoms with van der Waals surface area (Å²) in [7, 11) is 3.11. The van der Waals surface area contributed by atoms with Gasteiger partial charge in [-0.05, 0) is 66.7 Å². The molecular weight excluding hydrogens is 501 g/mol. The number of hydrogen-bond acceptors (Lipinski definition) is 4. The number of benzene rings is 1. The number of rotatable bonds is 4. The van der Waals surface area contributed by atoms with Gasteiger partial charge in [0.15, 0.2) is 11.2 Å². The average molecular weight is 530 g/mol. The van der Waals surface area contributed by atoms with Crippen LogP contribution in [0.3, 0.4) is 0 Å². The molecule has 2 heterocycles. The third-order valence-corrected chi connectivity index (χ3v) is 9.73. The molecular formula is C25H29BrFN5O2. The molecule has 2 aromatic heterocycles. The lowest BCUT2D eigenvalue weighted by molar-refractivity contribution is -0.0134. The third-order valence-electron chi connectivity index (χ3n) is 8.96. The van der Waals surface area contributed by atoms with Crippen molar-refractivity contribution in [3.05, 3.63) is 54.9 Å². The van der Waals surface area contributed by atoms with Crippen LogP contribution >= 0.6 is 15.9 Å². The van der Waals surface area contributed by atoms with E-state index in [1.807, 2.05) is 4.57 Å². The van der Waals surface area contributed by atoms with Crippen LogP contribution in [0.15, 0.2) is 32.3 Å². The van der Waals surface area contributed by atoms with Crippen LogP contribution in [0.2, 0.25) is 0 Å². The van der Waals surface area contributed by atoms with E-state index in [1.54, 1.807) is 13.1 Å². The van der Waals surface area contributed by atoms with Crippen molar-refractivity contribution in [2.45, 2.75) is 64.0 Å². The SMILES string of the molecule is Cn1c(=O)c2c(nc(NC3C[C@]34CCCCC43CCC3)n2Cc2cc(F)ccc2Br)n(C)c1=O. The van der Waals surface area contributed by atoms with Crippen LogP contribution in [0, 0.1) is 16.6 Å². The summed E-state index contributed by atoms with van der Waals surface area (Å²) >= 11 is 3.52. The fourth-order valence-electron chi connectivity index (χ4n) is 6.83. The Kier molecular flexibility index (Phi) is 4.89.